The highest BCUT2D eigenvalue weighted by Crippen LogP contribution is 2.50. The van der Waals surface area contributed by atoms with Gasteiger partial charge in [-0.05, 0) is 108 Å². The lowest BCUT2D eigenvalue weighted by Crippen LogP contribution is -2.04. The van der Waals surface area contributed by atoms with Gasteiger partial charge in [-0.3, -0.25) is 0 Å². The molecule has 0 spiro atoms. The molecule has 7 aromatic rings. The van der Waals surface area contributed by atoms with Crippen LogP contribution in [0.3, 0.4) is 0 Å². The zero-order valence-electron chi connectivity index (χ0n) is 43.5. The monoisotopic (exact) mass is 945 g/mol. The minimum Gasteiger partial charge on any atom is -0.493 e. The number of nitrogens with zero attached hydrogens (tertiary/aromatic N) is 6. The Bertz CT molecular complexity index is 2580. The molecule has 0 saturated heterocycles. The Hall–Kier alpha value is -5.50. The highest BCUT2D eigenvalue weighted by molar-refractivity contribution is 6.12. The van der Waals surface area contributed by atoms with E-state index in [1.165, 1.54) is 155 Å². The van der Waals surface area contributed by atoms with Gasteiger partial charge in [0.1, 0.15) is 17.2 Å². The fourth-order valence-corrected chi connectivity index (χ4v) is 9.99. The van der Waals surface area contributed by atoms with E-state index in [4.69, 9.17) is 19.8 Å². The molecule has 0 N–H and O–H groups in total. The third-order valence-corrected chi connectivity index (χ3v) is 14.2. The third kappa shape index (κ3) is 15.0. The van der Waals surface area contributed by atoms with E-state index in [1.54, 1.807) is 10.9 Å². The molecule has 8 heteroatoms. The second-order valence-electron chi connectivity index (χ2n) is 19.9. The second-order valence-corrected chi connectivity index (χ2v) is 19.9. The number of hydrogen-bond acceptors (Lipinski definition) is 6. The standard InChI is InChI=1S/C62H84N6O2/c1-5-9-13-15-17-19-21-23-25-27-43-69-59-40-33-51-45-49(29-11-7-3)31-38-55(51)60(59)61-56-39-32-50(30-12-8-4)46-52(56)47-57(62(61)70-44-28-26-24-22-20-18-16-14-10-6-2)58-48-68(66-64-58)54-36-34-53(35-37-54)67-42-41-63-65-67/h31-42,45-48H,5-30,43-44H2,1-4H3. The van der Waals surface area contributed by atoms with Crippen LogP contribution < -0.4 is 9.47 Å². The van der Waals surface area contributed by atoms with Crippen molar-refractivity contribution in [1.82, 2.24) is 30.0 Å². The summed E-state index contributed by atoms with van der Waals surface area (Å²) < 4.78 is 17.9. The van der Waals surface area contributed by atoms with Gasteiger partial charge in [-0.1, -0.05) is 209 Å². The molecular weight excluding hydrogens is 861 g/mol. The van der Waals surface area contributed by atoms with E-state index in [2.05, 4.69) is 98.8 Å². The zero-order valence-corrected chi connectivity index (χ0v) is 43.5. The van der Waals surface area contributed by atoms with Crippen LogP contribution >= 0.6 is 0 Å². The van der Waals surface area contributed by atoms with Crippen molar-refractivity contribution in [2.45, 2.75) is 195 Å². The van der Waals surface area contributed by atoms with Gasteiger partial charge in [-0.2, -0.15) is 0 Å². The van der Waals surface area contributed by atoms with E-state index in [-0.39, 0.29) is 0 Å². The first kappa shape index (κ1) is 52.3. The van der Waals surface area contributed by atoms with Gasteiger partial charge >= 0.3 is 0 Å². The van der Waals surface area contributed by atoms with Crippen molar-refractivity contribution in [3.05, 3.63) is 109 Å². The Morgan fingerprint density at radius 1 is 0.443 bits per heavy atom. The highest BCUT2D eigenvalue weighted by atomic mass is 16.5. The predicted octanol–water partition coefficient (Wildman–Crippen LogP) is 17.8. The van der Waals surface area contributed by atoms with Crippen LogP contribution in [-0.4, -0.2) is 43.2 Å². The van der Waals surface area contributed by atoms with Crippen LogP contribution in [0.2, 0.25) is 0 Å². The van der Waals surface area contributed by atoms with Crippen LogP contribution in [0.4, 0.5) is 0 Å². The number of rotatable bonds is 34. The van der Waals surface area contributed by atoms with E-state index >= 15 is 0 Å². The molecule has 5 aromatic carbocycles. The molecule has 2 aromatic heterocycles. The summed E-state index contributed by atoms with van der Waals surface area (Å²) in [7, 11) is 0. The van der Waals surface area contributed by atoms with Crippen molar-refractivity contribution in [1.29, 1.82) is 0 Å². The molecule has 0 aliphatic rings. The van der Waals surface area contributed by atoms with Gasteiger partial charge < -0.3 is 9.47 Å². The molecule has 0 bridgehead atoms. The average Bonchev–Trinajstić information content (AvgIpc) is 4.12. The Morgan fingerprint density at radius 2 is 0.957 bits per heavy atom. The van der Waals surface area contributed by atoms with Crippen LogP contribution in [-0.2, 0) is 12.8 Å². The molecule has 70 heavy (non-hydrogen) atoms. The minimum absolute atomic E-state index is 0.620. The van der Waals surface area contributed by atoms with Crippen molar-refractivity contribution in [3.63, 3.8) is 0 Å². The smallest absolute Gasteiger partial charge is 0.137 e. The lowest BCUT2D eigenvalue weighted by atomic mass is 9.88. The number of aryl methyl sites for hydroxylation is 2. The number of unbranched alkanes of at least 4 members (excludes halogenated alkanes) is 20. The number of hydrogen-bond donors (Lipinski definition) is 0. The lowest BCUT2D eigenvalue weighted by molar-refractivity contribution is 0.302. The fourth-order valence-electron chi connectivity index (χ4n) is 9.99. The molecular formula is C62H84N6O2. The molecule has 2 heterocycles. The Labute approximate surface area is 421 Å². The van der Waals surface area contributed by atoms with Crippen LogP contribution in [0, 0.1) is 0 Å². The van der Waals surface area contributed by atoms with Crippen LogP contribution in [0.25, 0.3) is 55.3 Å². The van der Waals surface area contributed by atoms with Crippen molar-refractivity contribution in [2.24, 2.45) is 0 Å². The van der Waals surface area contributed by atoms with Crippen LogP contribution in [0.5, 0.6) is 11.5 Å². The Morgan fingerprint density at radius 3 is 1.51 bits per heavy atom. The SMILES string of the molecule is CCCCCCCCCCCCOc1ccc2cc(CCCC)ccc2c1-c1c(OCCCCCCCCCCCC)c(-c2cn(-c3ccc(-n4ccnn4)cc3)nn2)cc2cc(CCCC)ccc12. The maximum Gasteiger partial charge on any atom is 0.137 e. The normalized spacial score (nSPS) is 11.6. The maximum atomic E-state index is 7.27. The van der Waals surface area contributed by atoms with Gasteiger partial charge in [0.2, 0.25) is 0 Å². The molecule has 0 saturated carbocycles. The lowest BCUT2D eigenvalue weighted by Gasteiger charge is -2.22. The molecule has 374 valence electrons. The van der Waals surface area contributed by atoms with Crippen molar-refractivity contribution in [3.8, 4) is 45.3 Å². The molecule has 8 nitrogen and oxygen atoms in total. The van der Waals surface area contributed by atoms with Gasteiger partial charge in [-0.25, -0.2) is 9.36 Å². The fraction of sp³-hybridized carbons (Fsp3) is 0.516. The zero-order chi connectivity index (χ0) is 48.6. The molecule has 0 aliphatic heterocycles. The van der Waals surface area contributed by atoms with Gasteiger partial charge in [0, 0.05) is 16.7 Å². The van der Waals surface area contributed by atoms with E-state index in [1.807, 2.05) is 35.1 Å². The van der Waals surface area contributed by atoms with Gasteiger partial charge in [0.15, 0.2) is 0 Å². The first-order valence-electron chi connectivity index (χ1n) is 27.9. The molecule has 0 atom stereocenters. The quantitative estimate of drug-likeness (QED) is 0.0374. The molecule has 0 radical (unpaired) electrons. The predicted molar refractivity (Wildman–Crippen MR) is 294 cm³/mol. The number of benzene rings is 5. The summed E-state index contributed by atoms with van der Waals surface area (Å²) in [5.41, 5.74) is 8.47. The minimum atomic E-state index is 0.620. The van der Waals surface area contributed by atoms with E-state index < -0.39 is 0 Å². The summed E-state index contributed by atoms with van der Waals surface area (Å²) >= 11 is 0. The average molecular weight is 945 g/mol. The van der Waals surface area contributed by atoms with Crippen LogP contribution in [0.1, 0.15) is 193 Å². The summed E-state index contributed by atoms with van der Waals surface area (Å²) in [6, 6.07) is 29.2. The first-order valence-corrected chi connectivity index (χ1v) is 27.9. The van der Waals surface area contributed by atoms with E-state index in [0.717, 1.165) is 90.2 Å². The van der Waals surface area contributed by atoms with Gasteiger partial charge in [-0.15, -0.1) is 10.2 Å². The van der Waals surface area contributed by atoms with E-state index in [0.29, 0.717) is 13.2 Å². The molecule has 0 amide bonds. The largest absolute Gasteiger partial charge is 0.493 e. The maximum absolute atomic E-state index is 7.27. The van der Waals surface area contributed by atoms with E-state index in [9.17, 15) is 0 Å². The molecule has 0 fully saturated rings. The summed E-state index contributed by atoms with van der Waals surface area (Å²) in [4.78, 5) is 0. The van der Waals surface area contributed by atoms with Crippen molar-refractivity contribution < 1.29 is 9.47 Å². The number of aromatic nitrogens is 6. The summed E-state index contributed by atoms with van der Waals surface area (Å²) in [5, 5.41) is 22.6. The third-order valence-electron chi connectivity index (χ3n) is 14.2. The Kier molecular flexibility index (Phi) is 21.7. The summed E-state index contributed by atoms with van der Waals surface area (Å²) in [5.74, 6) is 1.77. The summed E-state index contributed by atoms with van der Waals surface area (Å²) in [6.07, 6.45) is 38.0. The molecule has 0 aliphatic carbocycles. The van der Waals surface area contributed by atoms with Crippen molar-refractivity contribution in [2.75, 3.05) is 13.2 Å². The van der Waals surface area contributed by atoms with Crippen molar-refractivity contribution >= 4 is 21.5 Å². The number of fused-ring (bicyclic) bond motifs is 2. The second kappa shape index (κ2) is 29.0. The van der Waals surface area contributed by atoms with Crippen LogP contribution in [0.15, 0.2) is 97.5 Å². The van der Waals surface area contributed by atoms with Gasteiger partial charge in [0.25, 0.3) is 0 Å². The Balaban J connectivity index is 1.28. The summed E-state index contributed by atoms with van der Waals surface area (Å²) in [6.45, 7) is 10.4. The molecule has 7 rings (SSSR count). The van der Waals surface area contributed by atoms with Gasteiger partial charge in [0.05, 0.1) is 43.2 Å². The first-order chi connectivity index (χ1) is 34.6. The topological polar surface area (TPSA) is 79.9 Å². The highest BCUT2D eigenvalue weighted by Gasteiger charge is 2.25. The molecule has 0 unspecified atom stereocenters. The number of ether oxygens (including phenoxy) is 2.